The molecule has 2 heteroatoms. The predicted octanol–water partition coefficient (Wildman–Crippen LogP) is 4.27. The van der Waals surface area contributed by atoms with E-state index < -0.39 is 0 Å². The molecular formula is C18H16O2. The Hall–Kier alpha value is -2.09. The molecule has 2 aromatic rings. The fourth-order valence-corrected chi connectivity index (χ4v) is 2.86. The molecule has 2 aliphatic rings. The number of ketones is 1. The van der Waals surface area contributed by atoms with Gasteiger partial charge in [0.2, 0.25) is 0 Å². The van der Waals surface area contributed by atoms with Crippen LogP contribution < -0.4 is 4.74 Å². The minimum atomic E-state index is -0.148. The van der Waals surface area contributed by atoms with Gasteiger partial charge in [0, 0.05) is 0 Å². The molecule has 1 fully saturated rings. The zero-order chi connectivity index (χ0) is 13.5. The zero-order valence-corrected chi connectivity index (χ0v) is 11.2. The van der Waals surface area contributed by atoms with E-state index in [1.54, 1.807) is 0 Å². The summed E-state index contributed by atoms with van der Waals surface area (Å²) in [5.74, 6) is 1.64. The molecule has 0 N–H and O–H groups in total. The highest BCUT2D eigenvalue weighted by Crippen LogP contribution is 2.41. The van der Waals surface area contributed by atoms with Crippen LogP contribution in [0.3, 0.4) is 0 Å². The molecule has 1 atom stereocenters. The van der Waals surface area contributed by atoms with Crippen LogP contribution in [-0.2, 0) is 0 Å². The molecule has 20 heavy (non-hydrogen) atoms. The van der Waals surface area contributed by atoms with Crippen molar-refractivity contribution in [1.82, 2.24) is 0 Å². The molecule has 0 aromatic heterocycles. The fourth-order valence-electron chi connectivity index (χ4n) is 2.86. The van der Waals surface area contributed by atoms with E-state index in [9.17, 15) is 4.79 Å². The first-order chi connectivity index (χ1) is 9.81. The molecule has 1 saturated carbocycles. The molecule has 4 rings (SSSR count). The van der Waals surface area contributed by atoms with E-state index in [-0.39, 0.29) is 11.9 Å². The van der Waals surface area contributed by atoms with Gasteiger partial charge in [-0.05, 0) is 42.0 Å². The second-order valence-corrected chi connectivity index (χ2v) is 5.67. The van der Waals surface area contributed by atoms with Crippen molar-refractivity contribution in [2.24, 2.45) is 0 Å². The first-order valence-electron chi connectivity index (χ1n) is 7.20. The van der Waals surface area contributed by atoms with Crippen molar-refractivity contribution >= 4 is 5.78 Å². The maximum absolute atomic E-state index is 12.2. The fraction of sp³-hybridized carbons (Fsp3) is 0.278. The minimum Gasteiger partial charge on any atom is -0.484 e. The van der Waals surface area contributed by atoms with Gasteiger partial charge in [-0.1, -0.05) is 36.4 Å². The number of rotatable bonds is 2. The Labute approximate surface area is 118 Å². The summed E-state index contributed by atoms with van der Waals surface area (Å²) >= 11 is 0. The summed E-state index contributed by atoms with van der Waals surface area (Å²) in [6.07, 6.45) is 2.90. The van der Waals surface area contributed by atoms with Crippen LogP contribution in [0.1, 0.15) is 52.8 Å². The number of para-hydroxylation sites is 1. The van der Waals surface area contributed by atoms with Crippen LogP contribution in [0, 0.1) is 0 Å². The molecule has 1 aliphatic carbocycles. The summed E-state index contributed by atoms with van der Waals surface area (Å²) in [4.78, 5) is 12.2. The number of Topliss-reactive ketones (excluding diaryl/α,β-unsaturated/α-hetero) is 1. The van der Waals surface area contributed by atoms with Gasteiger partial charge in [0.15, 0.2) is 5.78 Å². The lowest BCUT2D eigenvalue weighted by atomic mass is 9.95. The molecule has 0 radical (unpaired) electrons. The lowest BCUT2D eigenvalue weighted by Gasteiger charge is -2.25. The van der Waals surface area contributed by atoms with Crippen molar-refractivity contribution in [1.29, 1.82) is 0 Å². The average Bonchev–Trinajstić information content (AvgIpc) is 3.32. The van der Waals surface area contributed by atoms with E-state index in [4.69, 9.17) is 4.74 Å². The van der Waals surface area contributed by atoms with Crippen LogP contribution in [0.2, 0.25) is 0 Å². The summed E-state index contributed by atoms with van der Waals surface area (Å²) in [6, 6.07) is 16.1. The SMILES string of the molecule is O=C1CC(c2ccc(C3CC3)cc2)Oc2ccccc21. The van der Waals surface area contributed by atoms with Gasteiger partial charge in [-0.2, -0.15) is 0 Å². The summed E-state index contributed by atoms with van der Waals surface area (Å²) in [5.41, 5.74) is 3.21. The smallest absolute Gasteiger partial charge is 0.170 e. The molecule has 1 unspecified atom stereocenters. The highest BCUT2D eigenvalue weighted by molar-refractivity contribution is 5.99. The standard InChI is InChI=1S/C18H16O2/c19-16-11-18(20-17-4-2-1-3-15(16)17)14-9-7-13(8-10-14)12-5-6-12/h1-4,7-10,12,18H,5-6,11H2. The Morgan fingerprint density at radius 3 is 2.35 bits per heavy atom. The molecule has 0 saturated heterocycles. The second kappa shape index (κ2) is 4.48. The Kier molecular flexibility index (Phi) is 2.62. The zero-order valence-electron chi connectivity index (χ0n) is 11.2. The van der Waals surface area contributed by atoms with E-state index in [2.05, 4.69) is 24.3 Å². The Balaban J connectivity index is 1.62. The van der Waals surface area contributed by atoms with Crippen molar-refractivity contribution in [3.8, 4) is 5.75 Å². The van der Waals surface area contributed by atoms with E-state index in [0.29, 0.717) is 17.7 Å². The summed E-state index contributed by atoms with van der Waals surface area (Å²) < 4.78 is 5.98. The monoisotopic (exact) mass is 264 g/mol. The summed E-state index contributed by atoms with van der Waals surface area (Å²) in [7, 11) is 0. The Bertz CT molecular complexity index is 653. The number of ether oxygens (including phenoxy) is 1. The van der Waals surface area contributed by atoms with Gasteiger partial charge in [-0.3, -0.25) is 4.79 Å². The molecule has 2 nitrogen and oxygen atoms in total. The lowest BCUT2D eigenvalue weighted by Crippen LogP contribution is -2.20. The van der Waals surface area contributed by atoms with Crippen LogP contribution >= 0.6 is 0 Å². The average molecular weight is 264 g/mol. The number of hydrogen-bond acceptors (Lipinski definition) is 2. The van der Waals surface area contributed by atoms with Crippen molar-refractivity contribution in [2.75, 3.05) is 0 Å². The van der Waals surface area contributed by atoms with Crippen molar-refractivity contribution in [2.45, 2.75) is 31.3 Å². The third-order valence-corrected chi connectivity index (χ3v) is 4.18. The van der Waals surface area contributed by atoms with Gasteiger partial charge in [0.05, 0.1) is 12.0 Å². The van der Waals surface area contributed by atoms with Crippen LogP contribution in [0.4, 0.5) is 0 Å². The van der Waals surface area contributed by atoms with Crippen molar-refractivity contribution in [3.05, 3.63) is 65.2 Å². The Morgan fingerprint density at radius 2 is 1.60 bits per heavy atom. The number of fused-ring (bicyclic) bond motifs is 1. The third kappa shape index (κ3) is 2.01. The molecule has 2 aromatic carbocycles. The van der Waals surface area contributed by atoms with Crippen LogP contribution in [0.5, 0.6) is 5.75 Å². The normalized spacial score (nSPS) is 21.2. The molecule has 1 heterocycles. The van der Waals surface area contributed by atoms with Crippen molar-refractivity contribution in [3.63, 3.8) is 0 Å². The van der Waals surface area contributed by atoms with Gasteiger partial charge in [-0.25, -0.2) is 0 Å². The molecule has 0 bridgehead atoms. The first kappa shape index (κ1) is 11.7. The van der Waals surface area contributed by atoms with E-state index in [0.717, 1.165) is 11.5 Å². The maximum atomic E-state index is 12.2. The van der Waals surface area contributed by atoms with E-state index in [1.165, 1.54) is 18.4 Å². The summed E-state index contributed by atoms with van der Waals surface area (Å²) in [6.45, 7) is 0. The highest BCUT2D eigenvalue weighted by atomic mass is 16.5. The summed E-state index contributed by atoms with van der Waals surface area (Å²) in [5, 5.41) is 0. The predicted molar refractivity (Wildman–Crippen MR) is 77.2 cm³/mol. The molecular weight excluding hydrogens is 248 g/mol. The molecule has 1 aliphatic heterocycles. The van der Waals surface area contributed by atoms with Crippen LogP contribution in [0.15, 0.2) is 48.5 Å². The van der Waals surface area contributed by atoms with E-state index in [1.807, 2.05) is 24.3 Å². The topological polar surface area (TPSA) is 26.3 Å². The number of hydrogen-bond donors (Lipinski definition) is 0. The molecule has 100 valence electrons. The van der Waals surface area contributed by atoms with Gasteiger partial charge < -0.3 is 4.74 Å². The van der Waals surface area contributed by atoms with Crippen LogP contribution in [-0.4, -0.2) is 5.78 Å². The van der Waals surface area contributed by atoms with Gasteiger partial charge in [0.25, 0.3) is 0 Å². The maximum Gasteiger partial charge on any atom is 0.170 e. The van der Waals surface area contributed by atoms with Gasteiger partial charge in [-0.15, -0.1) is 0 Å². The minimum absolute atomic E-state index is 0.148. The molecule has 0 spiro atoms. The largest absolute Gasteiger partial charge is 0.484 e. The third-order valence-electron chi connectivity index (χ3n) is 4.18. The van der Waals surface area contributed by atoms with Gasteiger partial charge in [0.1, 0.15) is 11.9 Å². The lowest BCUT2D eigenvalue weighted by molar-refractivity contribution is 0.0850. The number of carbonyl (C=O) groups excluding carboxylic acids is 1. The first-order valence-corrected chi connectivity index (χ1v) is 7.20. The van der Waals surface area contributed by atoms with Gasteiger partial charge >= 0.3 is 0 Å². The Morgan fingerprint density at radius 1 is 0.900 bits per heavy atom. The second-order valence-electron chi connectivity index (χ2n) is 5.67. The quantitative estimate of drug-likeness (QED) is 0.809. The number of benzene rings is 2. The highest BCUT2D eigenvalue weighted by Gasteiger charge is 2.28. The number of carbonyl (C=O) groups is 1. The van der Waals surface area contributed by atoms with Crippen LogP contribution in [0.25, 0.3) is 0 Å². The van der Waals surface area contributed by atoms with Crippen molar-refractivity contribution < 1.29 is 9.53 Å². The van der Waals surface area contributed by atoms with E-state index >= 15 is 0 Å². The molecule has 0 amide bonds.